The molecule has 2 atom stereocenters. The fourth-order valence-electron chi connectivity index (χ4n) is 4.40. The van der Waals surface area contributed by atoms with E-state index in [9.17, 15) is 10.1 Å². The van der Waals surface area contributed by atoms with Crippen molar-refractivity contribution in [3.05, 3.63) is 21.0 Å². The Hall–Kier alpha value is -1.93. The summed E-state index contributed by atoms with van der Waals surface area (Å²) in [6.07, 6.45) is 6.37. The third kappa shape index (κ3) is 3.57. The lowest BCUT2D eigenvalue weighted by Crippen LogP contribution is -2.45. The van der Waals surface area contributed by atoms with Crippen molar-refractivity contribution in [2.24, 2.45) is 0 Å². The number of anilines is 1. The maximum Gasteiger partial charge on any atom is 0.303 e. The smallest absolute Gasteiger partial charge is 0.303 e. The van der Waals surface area contributed by atoms with E-state index in [1.165, 1.54) is 13.3 Å². The molecule has 1 aliphatic heterocycles. The Bertz CT molecular complexity index is 973. The molecule has 0 spiro atoms. The first kappa shape index (κ1) is 20.3. The molecule has 0 bridgehead atoms. The Morgan fingerprint density at radius 3 is 2.97 bits per heavy atom. The molecular formula is C20H24IN5O3. The topological polar surface area (TPSA) is 102 Å². The second-order valence-corrected chi connectivity index (χ2v) is 8.86. The van der Waals surface area contributed by atoms with Gasteiger partial charge in [-0.1, -0.05) is 13.3 Å². The quantitative estimate of drug-likeness (QED) is 0.488. The van der Waals surface area contributed by atoms with Crippen LogP contribution >= 0.6 is 22.6 Å². The van der Waals surface area contributed by atoms with Gasteiger partial charge in [0.05, 0.1) is 39.2 Å². The number of nitrogens with one attached hydrogen (secondary N) is 1. The SMILES string of the molecule is CCC1(c2c(C#N)c(I)c3cnc(NC4CCOCC4OC(C)=O)nn23)CCC1. The third-order valence-electron chi connectivity index (χ3n) is 6.16. The number of hydrogen-bond acceptors (Lipinski definition) is 7. The number of aromatic nitrogens is 3. The molecule has 0 radical (unpaired) electrons. The maximum atomic E-state index is 11.4. The average molecular weight is 509 g/mol. The second-order valence-electron chi connectivity index (χ2n) is 7.78. The number of carbonyl (C=O) groups excluding carboxylic acids is 1. The summed E-state index contributed by atoms with van der Waals surface area (Å²) in [5.74, 6) is 0.128. The third-order valence-corrected chi connectivity index (χ3v) is 7.25. The standard InChI is InChI=1S/C20H24IN5O3/c1-3-20(6-4-7-20)18-13(9-22)17(21)15-10-23-19(25-26(15)18)24-14-5-8-28-11-16(14)29-12(2)27/h10,14,16H,3-8,11H2,1-2H3,(H,24,25). The molecule has 3 heterocycles. The first-order chi connectivity index (χ1) is 14.0. The highest BCUT2D eigenvalue weighted by Gasteiger charge is 2.42. The van der Waals surface area contributed by atoms with Gasteiger partial charge in [0.15, 0.2) is 0 Å². The van der Waals surface area contributed by atoms with Crippen LogP contribution in [0.25, 0.3) is 5.52 Å². The Balaban J connectivity index is 1.72. The van der Waals surface area contributed by atoms with E-state index in [2.05, 4.69) is 45.9 Å². The molecule has 4 rings (SSSR count). The molecule has 2 aliphatic rings. The van der Waals surface area contributed by atoms with Crippen molar-refractivity contribution in [1.82, 2.24) is 14.6 Å². The molecule has 1 aliphatic carbocycles. The lowest BCUT2D eigenvalue weighted by molar-refractivity contribution is -0.153. The first-order valence-corrected chi connectivity index (χ1v) is 11.1. The molecule has 1 saturated carbocycles. The summed E-state index contributed by atoms with van der Waals surface area (Å²) in [5, 5.41) is 17.9. The van der Waals surface area contributed by atoms with E-state index in [0.717, 1.165) is 34.0 Å². The minimum Gasteiger partial charge on any atom is -0.458 e. The van der Waals surface area contributed by atoms with Gasteiger partial charge >= 0.3 is 5.97 Å². The molecule has 1 saturated heterocycles. The largest absolute Gasteiger partial charge is 0.458 e. The van der Waals surface area contributed by atoms with E-state index in [0.29, 0.717) is 31.1 Å². The van der Waals surface area contributed by atoms with Crippen molar-refractivity contribution >= 4 is 40.0 Å². The van der Waals surface area contributed by atoms with E-state index >= 15 is 0 Å². The molecule has 0 aromatic carbocycles. The molecular weight excluding hydrogens is 485 g/mol. The first-order valence-electron chi connectivity index (χ1n) is 9.98. The highest BCUT2D eigenvalue weighted by Crippen LogP contribution is 2.48. The van der Waals surface area contributed by atoms with Crippen LogP contribution in [0.4, 0.5) is 5.95 Å². The Morgan fingerprint density at radius 2 is 2.34 bits per heavy atom. The summed E-state index contributed by atoms with van der Waals surface area (Å²) in [6.45, 7) is 4.51. The fourth-order valence-corrected chi connectivity index (χ4v) is 5.14. The van der Waals surface area contributed by atoms with Gasteiger partial charge in [-0.3, -0.25) is 4.79 Å². The summed E-state index contributed by atoms with van der Waals surface area (Å²) >= 11 is 2.22. The maximum absolute atomic E-state index is 11.4. The summed E-state index contributed by atoms with van der Waals surface area (Å²) < 4.78 is 13.6. The van der Waals surface area contributed by atoms with E-state index in [1.54, 1.807) is 6.20 Å². The van der Waals surface area contributed by atoms with Crippen LogP contribution in [-0.2, 0) is 19.7 Å². The molecule has 8 nitrogen and oxygen atoms in total. The molecule has 154 valence electrons. The predicted molar refractivity (Wildman–Crippen MR) is 115 cm³/mol. The number of nitriles is 1. The molecule has 1 N–H and O–H groups in total. The average Bonchev–Trinajstić information content (AvgIpc) is 2.94. The Labute approximate surface area is 183 Å². The molecule has 2 aromatic heterocycles. The summed E-state index contributed by atoms with van der Waals surface area (Å²) in [7, 11) is 0. The number of halogens is 1. The van der Waals surface area contributed by atoms with Crippen LogP contribution in [-0.4, -0.2) is 45.9 Å². The van der Waals surface area contributed by atoms with Crippen LogP contribution in [0, 0.1) is 14.9 Å². The van der Waals surface area contributed by atoms with E-state index < -0.39 is 0 Å². The number of ether oxygens (including phenoxy) is 2. The number of hydrogen-bond donors (Lipinski definition) is 1. The van der Waals surface area contributed by atoms with Gasteiger partial charge in [-0.15, -0.1) is 5.10 Å². The van der Waals surface area contributed by atoms with E-state index in [1.807, 2.05) is 4.52 Å². The number of carbonyl (C=O) groups is 1. The van der Waals surface area contributed by atoms with Gasteiger partial charge in [-0.25, -0.2) is 9.50 Å². The summed E-state index contributed by atoms with van der Waals surface area (Å²) in [4.78, 5) is 15.9. The van der Waals surface area contributed by atoms with Crippen molar-refractivity contribution < 1.29 is 14.3 Å². The molecule has 9 heteroatoms. The molecule has 2 aromatic rings. The fraction of sp³-hybridized carbons (Fsp3) is 0.600. The van der Waals surface area contributed by atoms with Crippen LogP contribution < -0.4 is 5.32 Å². The Morgan fingerprint density at radius 1 is 1.55 bits per heavy atom. The monoisotopic (exact) mass is 509 g/mol. The molecule has 2 fully saturated rings. The summed E-state index contributed by atoms with van der Waals surface area (Å²) in [5.41, 5.74) is 2.57. The number of fused-ring (bicyclic) bond motifs is 1. The molecule has 0 amide bonds. The van der Waals surface area contributed by atoms with Crippen molar-refractivity contribution in [3.8, 4) is 6.07 Å². The van der Waals surface area contributed by atoms with Gasteiger partial charge < -0.3 is 14.8 Å². The van der Waals surface area contributed by atoms with E-state index in [-0.39, 0.29) is 23.5 Å². The van der Waals surface area contributed by atoms with Crippen LogP contribution in [0.2, 0.25) is 0 Å². The minimum atomic E-state index is -0.381. The van der Waals surface area contributed by atoms with Crippen LogP contribution in [0.5, 0.6) is 0 Å². The predicted octanol–water partition coefficient (Wildman–Crippen LogP) is 3.17. The Kier molecular flexibility index (Phi) is 5.66. The van der Waals surface area contributed by atoms with Crippen LogP contribution in [0.15, 0.2) is 6.20 Å². The van der Waals surface area contributed by atoms with Gasteiger partial charge in [0, 0.05) is 18.9 Å². The van der Waals surface area contributed by atoms with Gasteiger partial charge in [0.2, 0.25) is 5.95 Å². The normalized spacial score (nSPS) is 23.2. The van der Waals surface area contributed by atoms with Crippen LogP contribution in [0.1, 0.15) is 57.2 Å². The van der Waals surface area contributed by atoms with E-state index in [4.69, 9.17) is 14.6 Å². The van der Waals surface area contributed by atoms with Crippen molar-refractivity contribution in [2.45, 2.75) is 63.5 Å². The van der Waals surface area contributed by atoms with Gasteiger partial charge in [0.25, 0.3) is 0 Å². The number of rotatable bonds is 5. The van der Waals surface area contributed by atoms with Crippen molar-refractivity contribution in [2.75, 3.05) is 18.5 Å². The van der Waals surface area contributed by atoms with Gasteiger partial charge in [0.1, 0.15) is 12.2 Å². The number of esters is 1. The molecule has 2 unspecified atom stereocenters. The lowest BCUT2D eigenvalue weighted by atomic mass is 9.64. The minimum absolute atomic E-state index is 0.00196. The highest BCUT2D eigenvalue weighted by atomic mass is 127. The second kappa shape index (κ2) is 8.07. The van der Waals surface area contributed by atoms with Gasteiger partial charge in [-0.05, 0) is 48.3 Å². The van der Waals surface area contributed by atoms with Crippen LogP contribution in [0.3, 0.4) is 0 Å². The van der Waals surface area contributed by atoms with Gasteiger partial charge in [-0.2, -0.15) is 5.26 Å². The lowest BCUT2D eigenvalue weighted by Gasteiger charge is -2.41. The van der Waals surface area contributed by atoms with Crippen molar-refractivity contribution in [1.29, 1.82) is 5.26 Å². The highest BCUT2D eigenvalue weighted by molar-refractivity contribution is 14.1. The molecule has 29 heavy (non-hydrogen) atoms. The zero-order valence-electron chi connectivity index (χ0n) is 16.6. The zero-order valence-corrected chi connectivity index (χ0v) is 18.7. The zero-order chi connectivity index (χ0) is 20.6. The number of nitrogens with zero attached hydrogens (tertiary/aromatic N) is 4. The summed E-state index contributed by atoms with van der Waals surface area (Å²) in [6, 6.07) is 2.28. The van der Waals surface area contributed by atoms with Crippen molar-refractivity contribution in [3.63, 3.8) is 0 Å².